The highest BCUT2D eigenvalue weighted by Gasteiger charge is 2.06. The van der Waals surface area contributed by atoms with E-state index in [2.05, 4.69) is 11.7 Å². The lowest BCUT2D eigenvalue weighted by Gasteiger charge is -2.08. The van der Waals surface area contributed by atoms with Crippen LogP contribution in [0.4, 0.5) is 0 Å². The van der Waals surface area contributed by atoms with Crippen LogP contribution in [0.5, 0.6) is 5.75 Å². The Morgan fingerprint density at radius 1 is 1.33 bits per heavy atom. The van der Waals surface area contributed by atoms with E-state index in [1.54, 1.807) is 7.11 Å². The van der Waals surface area contributed by atoms with Crippen molar-refractivity contribution in [2.24, 2.45) is 0 Å². The number of aryl methyl sites for hydroxylation is 1. The molecule has 3 nitrogen and oxygen atoms in total. The van der Waals surface area contributed by atoms with Crippen LogP contribution in [0.3, 0.4) is 0 Å². The Labute approximate surface area is 90.0 Å². The van der Waals surface area contributed by atoms with Crippen LogP contribution in [0.15, 0.2) is 18.2 Å². The second kappa shape index (κ2) is 5.39. The molecule has 0 fully saturated rings. The first-order valence-corrected chi connectivity index (χ1v) is 4.93. The molecule has 3 heteroatoms. The Bertz CT molecular complexity index is 345. The summed E-state index contributed by atoms with van der Waals surface area (Å²) in [4.78, 5) is 11.1. The van der Waals surface area contributed by atoms with Crippen molar-refractivity contribution in [1.29, 1.82) is 0 Å². The van der Waals surface area contributed by atoms with Gasteiger partial charge in [0, 0.05) is 0 Å². The van der Waals surface area contributed by atoms with Crippen molar-refractivity contribution in [2.45, 2.75) is 19.8 Å². The number of benzene rings is 1. The fraction of sp³-hybridized carbons (Fsp3) is 0.417. The first-order valence-electron chi connectivity index (χ1n) is 4.93. The molecular weight excluding hydrogens is 192 g/mol. The zero-order chi connectivity index (χ0) is 11.3. The minimum Gasteiger partial charge on any atom is -0.496 e. The molecule has 15 heavy (non-hydrogen) atoms. The summed E-state index contributed by atoms with van der Waals surface area (Å²) < 4.78 is 9.82. The van der Waals surface area contributed by atoms with E-state index in [0.29, 0.717) is 6.42 Å². The summed E-state index contributed by atoms with van der Waals surface area (Å²) in [6.07, 6.45) is 1.20. The fourth-order valence-electron chi connectivity index (χ4n) is 1.46. The molecule has 0 amide bonds. The number of ether oxygens (including phenoxy) is 2. The molecule has 0 radical (unpaired) electrons. The fourth-order valence-corrected chi connectivity index (χ4v) is 1.46. The van der Waals surface area contributed by atoms with Gasteiger partial charge in [0.15, 0.2) is 0 Å². The lowest BCUT2D eigenvalue weighted by Crippen LogP contribution is -2.05. The van der Waals surface area contributed by atoms with Gasteiger partial charge in [0.05, 0.1) is 20.6 Å². The van der Waals surface area contributed by atoms with Crippen LogP contribution >= 0.6 is 0 Å². The molecule has 0 N–H and O–H groups in total. The third-order valence-corrected chi connectivity index (χ3v) is 2.30. The molecule has 0 bridgehead atoms. The summed E-state index contributed by atoms with van der Waals surface area (Å²) in [5.41, 5.74) is 2.07. The molecule has 0 heterocycles. The minimum atomic E-state index is -0.220. The van der Waals surface area contributed by atoms with Gasteiger partial charge in [-0.1, -0.05) is 19.1 Å². The monoisotopic (exact) mass is 208 g/mol. The van der Waals surface area contributed by atoms with E-state index in [1.807, 2.05) is 18.2 Å². The largest absolute Gasteiger partial charge is 0.496 e. The SMILES string of the molecule is CCc1cc(CC(=O)OC)ccc1OC. The summed E-state index contributed by atoms with van der Waals surface area (Å²) in [6.45, 7) is 2.06. The van der Waals surface area contributed by atoms with Gasteiger partial charge < -0.3 is 9.47 Å². The van der Waals surface area contributed by atoms with E-state index in [9.17, 15) is 4.79 Å². The van der Waals surface area contributed by atoms with E-state index in [4.69, 9.17) is 4.74 Å². The van der Waals surface area contributed by atoms with Crippen LogP contribution < -0.4 is 4.74 Å². The highest BCUT2D eigenvalue weighted by Crippen LogP contribution is 2.20. The van der Waals surface area contributed by atoms with Crippen molar-refractivity contribution in [3.63, 3.8) is 0 Å². The number of hydrogen-bond donors (Lipinski definition) is 0. The smallest absolute Gasteiger partial charge is 0.309 e. The average molecular weight is 208 g/mol. The van der Waals surface area contributed by atoms with E-state index in [-0.39, 0.29) is 5.97 Å². The van der Waals surface area contributed by atoms with Crippen LogP contribution in [0.2, 0.25) is 0 Å². The number of carbonyl (C=O) groups is 1. The topological polar surface area (TPSA) is 35.5 Å². The van der Waals surface area contributed by atoms with Gasteiger partial charge in [0.25, 0.3) is 0 Å². The van der Waals surface area contributed by atoms with Crippen LogP contribution in [0.1, 0.15) is 18.1 Å². The molecule has 1 aromatic rings. The Kier molecular flexibility index (Phi) is 4.16. The standard InChI is InChI=1S/C12H16O3/c1-4-10-7-9(8-12(13)15-3)5-6-11(10)14-2/h5-7H,4,8H2,1-3H3. The first-order chi connectivity index (χ1) is 7.21. The molecule has 0 aliphatic rings. The number of methoxy groups -OCH3 is 2. The summed E-state index contributed by atoms with van der Waals surface area (Å²) in [6, 6.07) is 5.75. The summed E-state index contributed by atoms with van der Waals surface area (Å²) in [5.74, 6) is 0.647. The molecule has 0 unspecified atom stereocenters. The van der Waals surface area contributed by atoms with Gasteiger partial charge in [0.1, 0.15) is 5.75 Å². The first kappa shape index (κ1) is 11.6. The van der Waals surface area contributed by atoms with Crippen molar-refractivity contribution < 1.29 is 14.3 Å². The normalized spacial score (nSPS) is 9.80. The van der Waals surface area contributed by atoms with E-state index < -0.39 is 0 Å². The maximum Gasteiger partial charge on any atom is 0.309 e. The lowest BCUT2D eigenvalue weighted by atomic mass is 10.1. The van der Waals surface area contributed by atoms with Crippen molar-refractivity contribution >= 4 is 5.97 Å². The number of esters is 1. The maximum atomic E-state index is 11.1. The molecule has 0 aliphatic carbocycles. The van der Waals surface area contributed by atoms with Crippen molar-refractivity contribution in [2.75, 3.05) is 14.2 Å². The van der Waals surface area contributed by atoms with E-state index in [1.165, 1.54) is 7.11 Å². The van der Waals surface area contributed by atoms with Crippen LogP contribution in [-0.2, 0) is 22.4 Å². The van der Waals surface area contributed by atoms with Crippen LogP contribution in [0.25, 0.3) is 0 Å². The lowest BCUT2D eigenvalue weighted by molar-refractivity contribution is -0.139. The van der Waals surface area contributed by atoms with E-state index in [0.717, 1.165) is 23.3 Å². The third-order valence-electron chi connectivity index (χ3n) is 2.30. The van der Waals surface area contributed by atoms with Gasteiger partial charge in [-0.25, -0.2) is 0 Å². The van der Waals surface area contributed by atoms with Gasteiger partial charge in [-0.3, -0.25) is 4.79 Å². The molecule has 82 valence electrons. The zero-order valence-corrected chi connectivity index (χ0v) is 9.37. The Hall–Kier alpha value is -1.51. The van der Waals surface area contributed by atoms with Gasteiger partial charge in [-0.05, 0) is 23.6 Å². The summed E-state index contributed by atoms with van der Waals surface area (Å²) >= 11 is 0. The van der Waals surface area contributed by atoms with Crippen molar-refractivity contribution in [3.8, 4) is 5.75 Å². The molecule has 0 aromatic heterocycles. The van der Waals surface area contributed by atoms with Gasteiger partial charge in [-0.15, -0.1) is 0 Å². The predicted molar refractivity (Wildman–Crippen MR) is 58.1 cm³/mol. The van der Waals surface area contributed by atoms with Gasteiger partial charge >= 0.3 is 5.97 Å². The molecular formula is C12H16O3. The third kappa shape index (κ3) is 2.98. The van der Waals surface area contributed by atoms with E-state index >= 15 is 0 Å². The average Bonchev–Trinajstić information content (AvgIpc) is 2.28. The number of carbonyl (C=O) groups excluding carboxylic acids is 1. The van der Waals surface area contributed by atoms with Gasteiger partial charge in [-0.2, -0.15) is 0 Å². The molecule has 0 saturated heterocycles. The second-order valence-corrected chi connectivity index (χ2v) is 3.25. The molecule has 0 atom stereocenters. The molecule has 0 aliphatic heterocycles. The Balaban J connectivity index is 2.88. The molecule has 0 spiro atoms. The van der Waals surface area contributed by atoms with Crippen LogP contribution in [0, 0.1) is 0 Å². The highest BCUT2D eigenvalue weighted by molar-refractivity contribution is 5.72. The van der Waals surface area contributed by atoms with Crippen molar-refractivity contribution in [1.82, 2.24) is 0 Å². The predicted octanol–water partition coefficient (Wildman–Crippen LogP) is 1.97. The Morgan fingerprint density at radius 2 is 2.07 bits per heavy atom. The minimum absolute atomic E-state index is 0.220. The van der Waals surface area contributed by atoms with Crippen LogP contribution in [-0.4, -0.2) is 20.2 Å². The number of hydrogen-bond acceptors (Lipinski definition) is 3. The van der Waals surface area contributed by atoms with Crippen molar-refractivity contribution in [3.05, 3.63) is 29.3 Å². The molecule has 1 aromatic carbocycles. The summed E-state index contributed by atoms with van der Waals surface area (Å²) in [5, 5.41) is 0. The summed E-state index contributed by atoms with van der Waals surface area (Å²) in [7, 11) is 3.04. The molecule has 1 rings (SSSR count). The highest BCUT2D eigenvalue weighted by atomic mass is 16.5. The number of rotatable bonds is 4. The quantitative estimate of drug-likeness (QED) is 0.710. The maximum absolute atomic E-state index is 11.1. The second-order valence-electron chi connectivity index (χ2n) is 3.25. The zero-order valence-electron chi connectivity index (χ0n) is 9.37. The Morgan fingerprint density at radius 3 is 2.60 bits per heavy atom. The molecule has 0 saturated carbocycles. The van der Waals surface area contributed by atoms with Gasteiger partial charge in [0.2, 0.25) is 0 Å².